The molecule has 9 nitrogen and oxygen atoms in total. The van der Waals surface area contributed by atoms with E-state index in [4.69, 9.17) is 27.6 Å². The summed E-state index contributed by atoms with van der Waals surface area (Å²) in [6, 6.07) is 14.4. The highest BCUT2D eigenvalue weighted by atomic mass is 35.5. The summed E-state index contributed by atoms with van der Waals surface area (Å²) in [6.45, 7) is 0. The van der Waals surface area contributed by atoms with Crippen molar-refractivity contribution in [1.82, 2.24) is 34.9 Å². The highest BCUT2D eigenvalue weighted by molar-refractivity contribution is 7.98. The lowest BCUT2D eigenvalue weighted by Crippen LogP contribution is -2.02. The van der Waals surface area contributed by atoms with Gasteiger partial charge in [-0.1, -0.05) is 47.1 Å². The molecule has 164 valence electrons. The van der Waals surface area contributed by atoms with E-state index in [2.05, 4.69) is 30.4 Å². The number of hydrogen-bond acceptors (Lipinski definition) is 9. The molecule has 0 saturated carbocycles. The molecular formula is C21H13Cl2N7O2S. The van der Waals surface area contributed by atoms with Crippen LogP contribution in [0.25, 0.3) is 28.8 Å². The summed E-state index contributed by atoms with van der Waals surface area (Å²) in [4.78, 5) is 8.30. The molecule has 1 N–H and O–H groups in total. The molecule has 3 heterocycles. The van der Waals surface area contributed by atoms with Gasteiger partial charge in [0.25, 0.3) is 0 Å². The molecule has 12 heteroatoms. The maximum atomic E-state index is 9.52. The van der Waals surface area contributed by atoms with Crippen molar-refractivity contribution in [2.24, 2.45) is 0 Å². The minimum atomic E-state index is -0.0509. The molecule has 2 aromatic carbocycles. The molecule has 0 atom stereocenters. The first-order valence-corrected chi connectivity index (χ1v) is 11.3. The standard InChI is InChI=1S/C21H13Cl2N7O2S/c22-13-7-5-12(6-8-13)20-28-26-17(32-20)11-33-21-29-27-19(18-24-9-14(31)10-25-18)30(21)16-4-2-1-3-15(16)23/h1-10,31H,11H2. The number of halogens is 2. The van der Waals surface area contributed by atoms with Crippen molar-refractivity contribution in [3.05, 3.63) is 76.9 Å². The molecular weight excluding hydrogens is 485 g/mol. The molecule has 0 bridgehead atoms. The van der Waals surface area contributed by atoms with Crippen LogP contribution >= 0.6 is 35.0 Å². The number of nitrogens with zero attached hydrogens (tertiary/aromatic N) is 7. The summed E-state index contributed by atoms with van der Waals surface area (Å²) in [7, 11) is 0. The molecule has 0 aliphatic heterocycles. The SMILES string of the molecule is Oc1cnc(-c2nnc(SCc3nnc(-c4ccc(Cl)cc4)o3)n2-c2ccccc2Cl)nc1. The average molecular weight is 498 g/mol. The Labute approximate surface area is 201 Å². The highest BCUT2D eigenvalue weighted by Crippen LogP contribution is 2.32. The predicted octanol–water partition coefficient (Wildman–Crippen LogP) is 5.08. The largest absolute Gasteiger partial charge is 0.505 e. The van der Waals surface area contributed by atoms with Crippen LogP contribution in [0, 0.1) is 0 Å². The molecule has 0 aliphatic rings. The van der Waals surface area contributed by atoms with Crippen molar-refractivity contribution < 1.29 is 9.52 Å². The third kappa shape index (κ3) is 4.54. The maximum Gasteiger partial charge on any atom is 0.247 e. The van der Waals surface area contributed by atoms with Gasteiger partial charge in [-0.05, 0) is 36.4 Å². The molecule has 0 unspecified atom stereocenters. The smallest absolute Gasteiger partial charge is 0.247 e. The van der Waals surface area contributed by atoms with Crippen molar-refractivity contribution >= 4 is 35.0 Å². The molecule has 0 spiro atoms. The summed E-state index contributed by atoms with van der Waals surface area (Å²) >= 11 is 13.7. The van der Waals surface area contributed by atoms with E-state index in [1.54, 1.807) is 22.8 Å². The number of rotatable bonds is 6. The summed E-state index contributed by atoms with van der Waals surface area (Å²) in [5.74, 6) is 1.77. The zero-order valence-corrected chi connectivity index (χ0v) is 19.0. The van der Waals surface area contributed by atoms with Crippen LogP contribution in [-0.2, 0) is 5.75 Å². The molecule has 3 aromatic heterocycles. The van der Waals surface area contributed by atoms with Crippen molar-refractivity contribution in [3.63, 3.8) is 0 Å². The molecule has 5 rings (SSSR count). The Morgan fingerprint density at radius 1 is 0.909 bits per heavy atom. The minimum Gasteiger partial charge on any atom is -0.505 e. The minimum absolute atomic E-state index is 0.0509. The van der Waals surface area contributed by atoms with E-state index < -0.39 is 0 Å². The van der Waals surface area contributed by atoms with E-state index in [-0.39, 0.29) is 11.6 Å². The van der Waals surface area contributed by atoms with Crippen molar-refractivity contribution in [2.45, 2.75) is 10.9 Å². The van der Waals surface area contributed by atoms with Crippen molar-refractivity contribution in [2.75, 3.05) is 0 Å². The number of para-hydroxylation sites is 1. The van der Waals surface area contributed by atoms with Crippen LogP contribution in [0.5, 0.6) is 5.75 Å². The Hall–Kier alpha value is -3.47. The van der Waals surface area contributed by atoms with Crippen LogP contribution in [0.1, 0.15) is 5.89 Å². The number of benzene rings is 2. The van der Waals surface area contributed by atoms with Crippen LogP contribution in [0.15, 0.2) is 70.5 Å². The fourth-order valence-electron chi connectivity index (χ4n) is 2.94. The quantitative estimate of drug-likeness (QED) is 0.320. The number of aromatic hydroxyl groups is 1. The Balaban J connectivity index is 1.46. The summed E-state index contributed by atoms with van der Waals surface area (Å²) < 4.78 is 7.53. The third-order valence-electron chi connectivity index (χ3n) is 4.45. The van der Waals surface area contributed by atoms with Gasteiger partial charge < -0.3 is 9.52 Å². The van der Waals surface area contributed by atoms with E-state index >= 15 is 0 Å². The van der Waals surface area contributed by atoms with Gasteiger partial charge in [0.2, 0.25) is 17.6 Å². The summed E-state index contributed by atoms with van der Waals surface area (Å²) in [5.41, 5.74) is 1.43. The number of aromatic nitrogens is 7. The Kier molecular flexibility index (Phi) is 5.95. The van der Waals surface area contributed by atoms with Gasteiger partial charge in [0.05, 0.1) is 28.9 Å². The van der Waals surface area contributed by atoms with E-state index in [9.17, 15) is 5.11 Å². The van der Waals surface area contributed by atoms with Gasteiger partial charge in [0.15, 0.2) is 16.7 Å². The number of thioether (sulfide) groups is 1. The van der Waals surface area contributed by atoms with Gasteiger partial charge in [0.1, 0.15) is 0 Å². The third-order valence-corrected chi connectivity index (χ3v) is 5.93. The first-order valence-electron chi connectivity index (χ1n) is 9.51. The molecule has 5 aromatic rings. The normalized spacial score (nSPS) is 11.1. The number of hydrogen-bond donors (Lipinski definition) is 1. The monoisotopic (exact) mass is 497 g/mol. The molecule has 0 radical (unpaired) electrons. The van der Waals surface area contributed by atoms with Crippen molar-refractivity contribution in [3.8, 4) is 34.5 Å². The molecule has 0 aliphatic carbocycles. The molecule has 0 saturated heterocycles. The van der Waals surface area contributed by atoms with Gasteiger partial charge in [-0.15, -0.1) is 20.4 Å². The van der Waals surface area contributed by atoms with Crippen LogP contribution in [0.4, 0.5) is 0 Å². The Morgan fingerprint density at radius 3 is 2.42 bits per heavy atom. The zero-order chi connectivity index (χ0) is 22.8. The van der Waals surface area contributed by atoms with Crippen LogP contribution in [-0.4, -0.2) is 40.0 Å². The van der Waals surface area contributed by atoms with Gasteiger partial charge in [-0.25, -0.2) is 9.97 Å². The van der Waals surface area contributed by atoms with Crippen molar-refractivity contribution in [1.29, 1.82) is 0 Å². The maximum absolute atomic E-state index is 9.52. The summed E-state index contributed by atoms with van der Waals surface area (Å²) in [5, 5.41) is 27.9. The lowest BCUT2D eigenvalue weighted by atomic mass is 10.2. The molecule has 0 amide bonds. The molecule has 33 heavy (non-hydrogen) atoms. The first kappa shape index (κ1) is 21.4. The van der Waals surface area contributed by atoms with Crippen LogP contribution in [0.3, 0.4) is 0 Å². The van der Waals surface area contributed by atoms with Gasteiger partial charge in [-0.3, -0.25) is 4.57 Å². The fraction of sp³-hybridized carbons (Fsp3) is 0.0476. The van der Waals surface area contributed by atoms with E-state index in [1.165, 1.54) is 24.2 Å². The average Bonchev–Trinajstić information content (AvgIpc) is 3.46. The van der Waals surface area contributed by atoms with Gasteiger partial charge in [-0.2, -0.15) is 0 Å². The predicted molar refractivity (Wildman–Crippen MR) is 123 cm³/mol. The second-order valence-electron chi connectivity index (χ2n) is 6.65. The topological polar surface area (TPSA) is 116 Å². The lowest BCUT2D eigenvalue weighted by Gasteiger charge is -2.10. The fourth-order valence-corrected chi connectivity index (χ4v) is 4.07. The summed E-state index contributed by atoms with van der Waals surface area (Å²) in [6.07, 6.45) is 2.58. The van der Waals surface area contributed by atoms with Crippen LogP contribution in [0.2, 0.25) is 10.0 Å². The van der Waals surface area contributed by atoms with E-state index in [0.717, 1.165) is 5.56 Å². The van der Waals surface area contributed by atoms with Crippen LogP contribution < -0.4 is 0 Å². The second kappa shape index (κ2) is 9.18. The second-order valence-corrected chi connectivity index (χ2v) is 8.44. The zero-order valence-electron chi connectivity index (χ0n) is 16.6. The lowest BCUT2D eigenvalue weighted by molar-refractivity contribution is 0.469. The first-order chi connectivity index (χ1) is 16.1. The van der Waals surface area contributed by atoms with E-state index in [1.807, 2.05) is 30.3 Å². The van der Waals surface area contributed by atoms with Gasteiger partial charge >= 0.3 is 0 Å². The highest BCUT2D eigenvalue weighted by Gasteiger charge is 2.21. The van der Waals surface area contributed by atoms with Gasteiger partial charge in [0, 0.05) is 10.6 Å². The Bertz CT molecular complexity index is 1410. The molecule has 0 fully saturated rings. The van der Waals surface area contributed by atoms with E-state index in [0.29, 0.717) is 44.2 Å². The Morgan fingerprint density at radius 2 is 1.67 bits per heavy atom.